The zero-order valence-electron chi connectivity index (χ0n) is 10.5. The first-order chi connectivity index (χ1) is 7.87. The van der Waals surface area contributed by atoms with E-state index in [-0.39, 0.29) is 5.91 Å². The number of amides is 1. The van der Waals surface area contributed by atoms with Crippen molar-refractivity contribution < 1.29 is 14.7 Å². The van der Waals surface area contributed by atoms with Gasteiger partial charge >= 0.3 is 5.97 Å². The Hall–Kier alpha value is -1.10. The van der Waals surface area contributed by atoms with Crippen molar-refractivity contribution in [2.75, 3.05) is 0 Å². The second kappa shape index (κ2) is 5.49. The molecule has 0 aromatic carbocycles. The second-order valence-electron chi connectivity index (χ2n) is 5.32. The Labute approximate surface area is 102 Å². The summed E-state index contributed by atoms with van der Waals surface area (Å²) < 4.78 is 0. The fourth-order valence-corrected chi connectivity index (χ4v) is 2.31. The molecular formula is C12H22N2O3. The highest BCUT2D eigenvalue weighted by Crippen LogP contribution is 2.30. The van der Waals surface area contributed by atoms with Gasteiger partial charge in [0.05, 0.1) is 6.04 Å². The molecule has 1 atom stereocenters. The molecule has 0 aromatic rings. The van der Waals surface area contributed by atoms with E-state index in [1.807, 2.05) is 13.8 Å². The zero-order valence-corrected chi connectivity index (χ0v) is 10.5. The highest BCUT2D eigenvalue weighted by Gasteiger charge is 2.43. The number of carbonyl (C=O) groups excluding carboxylic acids is 1. The highest BCUT2D eigenvalue weighted by atomic mass is 16.4. The smallest absolute Gasteiger partial charge is 0.329 e. The van der Waals surface area contributed by atoms with Gasteiger partial charge in [-0.2, -0.15) is 0 Å². The van der Waals surface area contributed by atoms with E-state index < -0.39 is 17.6 Å². The maximum Gasteiger partial charge on any atom is 0.329 e. The molecule has 0 spiro atoms. The fraction of sp³-hybridized carbons (Fsp3) is 0.833. The number of aliphatic carboxylic acids is 1. The summed E-state index contributed by atoms with van der Waals surface area (Å²) in [7, 11) is 0. The van der Waals surface area contributed by atoms with Gasteiger partial charge in [0, 0.05) is 0 Å². The second-order valence-corrected chi connectivity index (χ2v) is 5.32. The van der Waals surface area contributed by atoms with Gasteiger partial charge in [-0.15, -0.1) is 0 Å². The highest BCUT2D eigenvalue weighted by molar-refractivity contribution is 5.89. The Morgan fingerprint density at radius 1 is 1.35 bits per heavy atom. The third kappa shape index (κ3) is 3.43. The van der Waals surface area contributed by atoms with Gasteiger partial charge in [-0.25, -0.2) is 4.79 Å². The molecule has 5 heteroatoms. The van der Waals surface area contributed by atoms with E-state index in [2.05, 4.69) is 5.32 Å². The largest absolute Gasteiger partial charge is 0.480 e. The molecule has 1 aliphatic rings. The van der Waals surface area contributed by atoms with Gasteiger partial charge in [0.25, 0.3) is 0 Å². The zero-order chi connectivity index (χ0) is 13.1. The van der Waals surface area contributed by atoms with Crippen LogP contribution in [0.15, 0.2) is 0 Å². The maximum atomic E-state index is 11.8. The van der Waals surface area contributed by atoms with E-state index in [1.165, 1.54) is 0 Å². The molecule has 1 amide bonds. The predicted octanol–water partition coefficient (Wildman–Crippen LogP) is 0.873. The Bertz CT molecular complexity index is 296. The van der Waals surface area contributed by atoms with Crippen LogP contribution in [0.5, 0.6) is 0 Å². The number of hydrogen-bond donors (Lipinski definition) is 3. The van der Waals surface area contributed by atoms with E-state index >= 15 is 0 Å². The van der Waals surface area contributed by atoms with E-state index in [0.29, 0.717) is 25.2 Å². The molecule has 0 bridgehead atoms. The summed E-state index contributed by atoms with van der Waals surface area (Å²) in [5.74, 6) is -0.969. The molecule has 0 aliphatic heterocycles. The summed E-state index contributed by atoms with van der Waals surface area (Å²) in [5.41, 5.74) is 4.67. The molecule has 4 N–H and O–H groups in total. The molecule has 1 fully saturated rings. The number of carbonyl (C=O) groups is 2. The first kappa shape index (κ1) is 14.0. The van der Waals surface area contributed by atoms with Crippen molar-refractivity contribution in [2.45, 2.75) is 57.5 Å². The van der Waals surface area contributed by atoms with Crippen LogP contribution in [0.25, 0.3) is 0 Å². The molecule has 0 unspecified atom stereocenters. The number of rotatable bonds is 5. The number of nitrogens with two attached hydrogens (primary N) is 1. The lowest BCUT2D eigenvalue weighted by molar-refractivity contribution is -0.147. The Balaban J connectivity index is 2.62. The summed E-state index contributed by atoms with van der Waals surface area (Å²) >= 11 is 0. The van der Waals surface area contributed by atoms with Gasteiger partial charge in [0.1, 0.15) is 5.54 Å². The number of hydrogen-bond acceptors (Lipinski definition) is 3. The van der Waals surface area contributed by atoms with Crippen molar-refractivity contribution in [2.24, 2.45) is 11.7 Å². The number of nitrogens with one attached hydrogen (secondary N) is 1. The molecule has 98 valence electrons. The van der Waals surface area contributed by atoms with Gasteiger partial charge in [-0.3, -0.25) is 4.79 Å². The summed E-state index contributed by atoms with van der Waals surface area (Å²) in [6.45, 7) is 3.96. The van der Waals surface area contributed by atoms with E-state index in [1.54, 1.807) is 0 Å². The van der Waals surface area contributed by atoms with Crippen molar-refractivity contribution in [1.82, 2.24) is 5.32 Å². The van der Waals surface area contributed by atoms with Crippen molar-refractivity contribution in [3.63, 3.8) is 0 Å². The van der Waals surface area contributed by atoms with Crippen LogP contribution in [-0.2, 0) is 9.59 Å². The van der Waals surface area contributed by atoms with Crippen molar-refractivity contribution >= 4 is 11.9 Å². The molecule has 0 saturated heterocycles. The SMILES string of the molecule is CC(C)C[C@H](N)C(=O)NC1(C(=O)O)CCCC1. The van der Waals surface area contributed by atoms with Crippen LogP contribution in [-0.4, -0.2) is 28.6 Å². The van der Waals surface area contributed by atoms with Crippen LogP contribution >= 0.6 is 0 Å². The summed E-state index contributed by atoms with van der Waals surface area (Å²) in [5, 5.41) is 11.9. The standard InChI is InChI=1S/C12H22N2O3/c1-8(2)7-9(13)10(15)14-12(11(16)17)5-3-4-6-12/h8-9H,3-7,13H2,1-2H3,(H,14,15)(H,16,17)/t9-/m0/s1. The average molecular weight is 242 g/mol. The lowest BCUT2D eigenvalue weighted by Gasteiger charge is -2.27. The van der Waals surface area contributed by atoms with Crippen LogP contribution in [0.4, 0.5) is 0 Å². The first-order valence-corrected chi connectivity index (χ1v) is 6.18. The first-order valence-electron chi connectivity index (χ1n) is 6.18. The molecule has 17 heavy (non-hydrogen) atoms. The van der Waals surface area contributed by atoms with Gasteiger partial charge in [-0.05, 0) is 25.2 Å². The quantitative estimate of drug-likeness (QED) is 0.667. The molecule has 0 radical (unpaired) electrons. The molecule has 0 heterocycles. The van der Waals surface area contributed by atoms with Gasteiger partial charge < -0.3 is 16.2 Å². The summed E-state index contributed by atoms with van der Waals surface area (Å²) in [6.07, 6.45) is 3.25. The molecular weight excluding hydrogens is 220 g/mol. The van der Waals surface area contributed by atoms with Crippen LogP contribution < -0.4 is 11.1 Å². The van der Waals surface area contributed by atoms with Crippen LogP contribution in [0.2, 0.25) is 0 Å². The van der Waals surface area contributed by atoms with Crippen LogP contribution in [0, 0.1) is 5.92 Å². The van der Waals surface area contributed by atoms with Crippen LogP contribution in [0.3, 0.4) is 0 Å². The fourth-order valence-electron chi connectivity index (χ4n) is 2.31. The Morgan fingerprint density at radius 3 is 2.29 bits per heavy atom. The third-order valence-corrected chi connectivity index (χ3v) is 3.29. The van der Waals surface area contributed by atoms with E-state index in [4.69, 9.17) is 5.73 Å². The van der Waals surface area contributed by atoms with E-state index in [0.717, 1.165) is 12.8 Å². The monoisotopic (exact) mass is 242 g/mol. The molecule has 5 nitrogen and oxygen atoms in total. The van der Waals surface area contributed by atoms with Crippen molar-refractivity contribution in [3.8, 4) is 0 Å². The van der Waals surface area contributed by atoms with Gasteiger partial charge in [0.2, 0.25) is 5.91 Å². The average Bonchev–Trinajstić information content (AvgIpc) is 2.66. The normalized spacial score (nSPS) is 20.2. The van der Waals surface area contributed by atoms with Gasteiger partial charge in [-0.1, -0.05) is 26.7 Å². The number of carboxylic acid groups (broad SMARTS) is 1. The van der Waals surface area contributed by atoms with Crippen LogP contribution in [0.1, 0.15) is 46.0 Å². The molecule has 1 saturated carbocycles. The molecule has 0 aromatic heterocycles. The molecule has 1 rings (SSSR count). The predicted molar refractivity (Wildman–Crippen MR) is 64.4 cm³/mol. The minimum absolute atomic E-state index is 0.320. The Kier molecular flexibility index (Phi) is 4.51. The Morgan fingerprint density at radius 2 is 1.88 bits per heavy atom. The minimum atomic E-state index is -1.08. The lowest BCUT2D eigenvalue weighted by Crippen LogP contribution is -2.56. The lowest BCUT2D eigenvalue weighted by atomic mass is 9.96. The third-order valence-electron chi connectivity index (χ3n) is 3.29. The van der Waals surface area contributed by atoms with E-state index in [9.17, 15) is 14.7 Å². The van der Waals surface area contributed by atoms with Crippen molar-refractivity contribution in [1.29, 1.82) is 0 Å². The minimum Gasteiger partial charge on any atom is -0.480 e. The van der Waals surface area contributed by atoms with Gasteiger partial charge in [0.15, 0.2) is 0 Å². The van der Waals surface area contributed by atoms with Crippen molar-refractivity contribution in [3.05, 3.63) is 0 Å². The summed E-state index contributed by atoms with van der Waals surface area (Å²) in [6, 6.07) is -0.619. The summed E-state index contributed by atoms with van der Waals surface area (Å²) in [4.78, 5) is 23.1. The number of carboxylic acids is 1. The topological polar surface area (TPSA) is 92.4 Å². The maximum absolute atomic E-state index is 11.8. The molecule has 1 aliphatic carbocycles.